The van der Waals surface area contributed by atoms with Crippen molar-refractivity contribution in [1.82, 2.24) is 0 Å². The van der Waals surface area contributed by atoms with Crippen LogP contribution in [-0.4, -0.2) is 20.8 Å². The fourth-order valence-electron chi connectivity index (χ4n) is 0. The highest BCUT2D eigenvalue weighted by molar-refractivity contribution is 6.74. The summed E-state index contributed by atoms with van der Waals surface area (Å²) >= 11 is 0. The first-order valence-electron chi connectivity index (χ1n) is 6.11. The molecule has 0 aliphatic carbocycles. The SMILES string of the molecule is CC(C)(C)C.COC(C)(C)C.C[Si](C)(C)C. The van der Waals surface area contributed by atoms with Gasteiger partial charge in [-0.1, -0.05) is 53.9 Å². The first-order chi connectivity index (χ1) is 6.56. The molecule has 0 fully saturated rings. The summed E-state index contributed by atoms with van der Waals surface area (Å²) in [5.74, 6) is 0. The molecule has 102 valence electrons. The highest BCUT2D eigenvalue weighted by Gasteiger charge is 2.04. The van der Waals surface area contributed by atoms with E-state index >= 15 is 0 Å². The summed E-state index contributed by atoms with van der Waals surface area (Å²) in [4.78, 5) is 0. The topological polar surface area (TPSA) is 9.23 Å². The minimum absolute atomic E-state index is 0.0417. The van der Waals surface area contributed by atoms with Gasteiger partial charge in [0.25, 0.3) is 0 Å². The Morgan fingerprint density at radius 2 is 0.750 bits per heavy atom. The normalized spacial score (nSPS) is 12.0. The van der Waals surface area contributed by atoms with Crippen LogP contribution < -0.4 is 0 Å². The monoisotopic (exact) mass is 248 g/mol. The molecule has 0 aromatic heterocycles. The zero-order valence-electron chi connectivity index (χ0n) is 13.9. The highest BCUT2D eigenvalue weighted by Crippen LogP contribution is 2.08. The second-order valence-corrected chi connectivity index (χ2v) is 14.3. The molecule has 0 heterocycles. The summed E-state index contributed by atoms with van der Waals surface area (Å²) in [5.41, 5.74) is 0.542. The van der Waals surface area contributed by atoms with Gasteiger partial charge >= 0.3 is 0 Å². The molecule has 16 heavy (non-hydrogen) atoms. The highest BCUT2D eigenvalue weighted by atomic mass is 28.3. The molecule has 0 aromatic rings. The molecule has 0 aliphatic rings. The van der Waals surface area contributed by atoms with Crippen molar-refractivity contribution in [3.8, 4) is 0 Å². The van der Waals surface area contributed by atoms with Crippen molar-refractivity contribution in [1.29, 1.82) is 0 Å². The number of rotatable bonds is 0. The lowest BCUT2D eigenvalue weighted by Crippen LogP contribution is -2.15. The summed E-state index contributed by atoms with van der Waals surface area (Å²) in [6.07, 6.45) is 0. The average Bonchev–Trinajstić information content (AvgIpc) is 1.77. The molecule has 0 unspecified atom stereocenters. The standard InChI is InChI=1S/C5H12O.C5H12.C4H12Si/c1-5(2,3)6-4;2*1-5(2,3)4/h1-4H3;2*1-4H3. The zero-order chi connectivity index (χ0) is 14.2. The second kappa shape index (κ2) is 8.29. The van der Waals surface area contributed by atoms with Gasteiger partial charge in [-0.05, 0) is 26.2 Å². The van der Waals surface area contributed by atoms with Gasteiger partial charge in [-0.3, -0.25) is 0 Å². The lowest BCUT2D eigenvalue weighted by Gasteiger charge is -2.14. The molecular weight excluding hydrogens is 212 g/mol. The molecule has 0 spiro atoms. The molecule has 0 amide bonds. The fourth-order valence-corrected chi connectivity index (χ4v) is 0. The quantitative estimate of drug-likeness (QED) is 0.519. The van der Waals surface area contributed by atoms with E-state index in [-0.39, 0.29) is 5.60 Å². The smallest absolute Gasteiger partial charge is 0.0594 e. The molecule has 0 N–H and O–H groups in total. The van der Waals surface area contributed by atoms with Gasteiger partial charge in [0.2, 0.25) is 0 Å². The molecule has 0 bridgehead atoms. The Kier molecular flexibility index (Phi) is 11.1. The van der Waals surface area contributed by atoms with E-state index in [0.29, 0.717) is 5.41 Å². The largest absolute Gasteiger partial charge is 0.379 e. The van der Waals surface area contributed by atoms with E-state index in [1.807, 2.05) is 20.8 Å². The third-order valence-corrected chi connectivity index (χ3v) is 0.612. The van der Waals surface area contributed by atoms with Gasteiger partial charge in [0.05, 0.1) is 5.60 Å². The van der Waals surface area contributed by atoms with Gasteiger partial charge in [0, 0.05) is 15.2 Å². The molecule has 1 nitrogen and oxygen atoms in total. The molecule has 0 aliphatic heterocycles. The van der Waals surface area contributed by atoms with Crippen LogP contribution in [0, 0.1) is 5.41 Å². The molecule has 0 saturated heterocycles. The Morgan fingerprint density at radius 1 is 0.688 bits per heavy atom. The Labute approximate surface area is 106 Å². The van der Waals surface area contributed by atoms with Gasteiger partial charge in [-0.25, -0.2) is 0 Å². The second-order valence-electron chi connectivity index (χ2n) is 8.32. The zero-order valence-corrected chi connectivity index (χ0v) is 14.9. The van der Waals surface area contributed by atoms with Gasteiger partial charge in [-0.2, -0.15) is 0 Å². The van der Waals surface area contributed by atoms with E-state index < -0.39 is 8.07 Å². The van der Waals surface area contributed by atoms with Gasteiger partial charge in [0.1, 0.15) is 0 Å². The number of hydrogen-bond acceptors (Lipinski definition) is 1. The van der Waals surface area contributed by atoms with E-state index in [1.54, 1.807) is 7.11 Å². The summed E-state index contributed by atoms with van der Waals surface area (Å²) in [5, 5.41) is 0. The molecular formula is C14H36OSi. The maximum atomic E-state index is 4.94. The average molecular weight is 249 g/mol. The summed E-state index contributed by atoms with van der Waals surface area (Å²) in [7, 11) is 1.10. The van der Waals surface area contributed by atoms with E-state index in [1.165, 1.54) is 0 Å². The van der Waals surface area contributed by atoms with Crippen molar-refractivity contribution in [2.24, 2.45) is 5.41 Å². The summed E-state index contributed by atoms with van der Waals surface area (Å²) in [6.45, 7) is 24.1. The Balaban J connectivity index is -0.000000160. The minimum atomic E-state index is -0.611. The van der Waals surface area contributed by atoms with Crippen LogP contribution in [0.25, 0.3) is 0 Å². The van der Waals surface area contributed by atoms with E-state index in [4.69, 9.17) is 4.74 Å². The van der Waals surface area contributed by atoms with Crippen molar-refractivity contribution < 1.29 is 4.74 Å². The molecule has 2 heteroatoms. The van der Waals surface area contributed by atoms with Crippen LogP contribution in [0.3, 0.4) is 0 Å². The van der Waals surface area contributed by atoms with Crippen LogP contribution in [0.15, 0.2) is 0 Å². The first kappa shape index (κ1) is 21.5. The van der Waals surface area contributed by atoms with Gasteiger partial charge < -0.3 is 4.74 Å². The summed E-state index contributed by atoms with van der Waals surface area (Å²) < 4.78 is 4.94. The van der Waals surface area contributed by atoms with Gasteiger partial charge in [0.15, 0.2) is 0 Å². The van der Waals surface area contributed by atoms with E-state index in [2.05, 4.69) is 53.9 Å². The van der Waals surface area contributed by atoms with Crippen LogP contribution >= 0.6 is 0 Å². The van der Waals surface area contributed by atoms with Crippen LogP contribution in [0.2, 0.25) is 26.2 Å². The molecule has 0 atom stereocenters. The third kappa shape index (κ3) is 244. The van der Waals surface area contributed by atoms with Crippen molar-refractivity contribution in [2.75, 3.05) is 7.11 Å². The Hall–Kier alpha value is 0.177. The molecule has 0 aromatic carbocycles. The lowest BCUT2D eigenvalue weighted by atomic mass is 10.0. The molecule has 0 rings (SSSR count). The predicted molar refractivity (Wildman–Crippen MR) is 81.1 cm³/mol. The maximum absolute atomic E-state index is 4.94. The number of methoxy groups -OCH3 is 1. The maximum Gasteiger partial charge on any atom is 0.0594 e. The minimum Gasteiger partial charge on any atom is -0.379 e. The van der Waals surface area contributed by atoms with Crippen LogP contribution in [0.4, 0.5) is 0 Å². The van der Waals surface area contributed by atoms with E-state index in [9.17, 15) is 0 Å². The third-order valence-electron chi connectivity index (χ3n) is 0.612. The fraction of sp³-hybridized carbons (Fsp3) is 1.00. The van der Waals surface area contributed by atoms with Gasteiger partial charge in [-0.15, -0.1) is 0 Å². The molecule has 0 saturated carbocycles. The predicted octanol–water partition coefficient (Wildman–Crippen LogP) is 5.44. The Morgan fingerprint density at radius 3 is 0.750 bits per heavy atom. The number of ether oxygens (including phenoxy) is 1. The number of hydrogen-bond donors (Lipinski definition) is 0. The molecule has 0 radical (unpaired) electrons. The van der Waals surface area contributed by atoms with E-state index in [0.717, 1.165) is 0 Å². The van der Waals surface area contributed by atoms with Crippen molar-refractivity contribution in [3.05, 3.63) is 0 Å². The first-order valence-corrected chi connectivity index (χ1v) is 10.1. The Bertz CT molecular complexity index is 120. The van der Waals surface area contributed by atoms with Crippen LogP contribution in [0.5, 0.6) is 0 Å². The van der Waals surface area contributed by atoms with Crippen molar-refractivity contribution in [3.63, 3.8) is 0 Å². The van der Waals surface area contributed by atoms with Crippen molar-refractivity contribution >= 4 is 8.07 Å². The summed E-state index contributed by atoms with van der Waals surface area (Å²) in [6, 6.07) is 0. The lowest BCUT2D eigenvalue weighted by molar-refractivity contribution is 0.0397. The van der Waals surface area contributed by atoms with Crippen LogP contribution in [0.1, 0.15) is 48.5 Å². The van der Waals surface area contributed by atoms with Crippen LogP contribution in [-0.2, 0) is 4.74 Å². The van der Waals surface area contributed by atoms with Crippen molar-refractivity contribution in [2.45, 2.75) is 80.3 Å².